The van der Waals surface area contributed by atoms with Crippen LogP contribution in [0.25, 0.3) is 6.08 Å². The molecule has 0 aliphatic heterocycles. The Kier molecular flexibility index (Phi) is 3.91. The summed E-state index contributed by atoms with van der Waals surface area (Å²) in [7, 11) is 0. The molecular formula is C15H11NO4. The van der Waals surface area contributed by atoms with Crippen molar-refractivity contribution in [1.29, 1.82) is 0 Å². The van der Waals surface area contributed by atoms with E-state index < -0.39 is 4.92 Å². The molecule has 0 aliphatic rings. The summed E-state index contributed by atoms with van der Waals surface area (Å²) in [5.41, 5.74) is 0.793. The van der Waals surface area contributed by atoms with Crippen LogP contribution in [0.3, 0.4) is 0 Å². The molecule has 100 valence electrons. The highest BCUT2D eigenvalue weighted by Crippen LogP contribution is 2.15. The molecule has 0 bridgehead atoms. The first-order chi connectivity index (χ1) is 9.56. The predicted octanol–water partition coefficient (Wildman–Crippen LogP) is 3.20. The van der Waals surface area contributed by atoms with Gasteiger partial charge in [0.25, 0.3) is 5.69 Å². The van der Waals surface area contributed by atoms with Crippen molar-refractivity contribution in [3.63, 3.8) is 0 Å². The van der Waals surface area contributed by atoms with Gasteiger partial charge in [0.05, 0.1) is 4.92 Å². The fourth-order valence-corrected chi connectivity index (χ4v) is 1.67. The van der Waals surface area contributed by atoms with E-state index in [4.69, 9.17) is 0 Å². The van der Waals surface area contributed by atoms with E-state index in [1.54, 1.807) is 18.2 Å². The van der Waals surface area contributed by atoms with Gasteiger partial charge in [-0.05, 0) is 23.8 Å². The van der Waals surface area contributed by atoms with Crippen molar-refractivity contribution in [2.45, 2.75) is 0 Å². The van der Waals surface area contributed by atoms with Gasteiger partial charge in [-0.2, -0.15) is 0 Å². The van der Waals surface area contributed by atoms with Crippen molar-refractivity contribution >= 4 is 17.5 Å². The molecule has 20 heavy (non-hydrogen) atoms. The van der Waals surface area contributed by atoms with E-state index in [0.717, 1.165) is 0 Å². The Balaban J connectivity index is 2.20. The summed E-state index contributed by atoms with van der Waals surface area (Å²) in [6.07, 6.45) is 2.86. The van der Waals surface area contributed by atoms with Crippen LogP contribution in [-0.4, -0.2) is 15.8 Å². The number of benzene rings is 2. The van der Waals surface area contributed by atoms with Gasteiger partial charge in [-0.1, -0.05) is 30.3 Å². The van der Waals surface area contributed by atoms with E-state index in [1.165, 1.54) is 42.5 Å². The van der Waals surface area contributed by atoms with Crippen LogP contribution in [-0.2, 0) is 0 Å². The van der Waals surface area contributed by atoms with Gasteiger partial charge in [0.1, 0.15) is 5.75 Å². The molecule has 5 nitrogen and oxygen atoms in total. The summed E-state index contributed by atoms with van der Waals surface area (Å²) in [6.45, 7) is 0. The van der Waals surface area contributed by atoms with E-state index in [2.05, 4.69) is 0 Å². The highest BCUT2D eigenvalue weighted by molar-refractivity contribution is 6.07. The van der Waals surface area contributed by atoms with Crippen molar-refractivity contribution in [3.8, 4) is 5.75 Å². The number of carbonyl (C=O) groups is 1. The van der Waals surface area contributed by atoms with Crippen LogP contribution in [0.4, 0.5) is 5.69 Å². The first-order valence-corrected chi connectivity index (χ1v) is 5.82. The van der Waals surface area contributed by atoms with Crippen LogP contribution >= 0.6 is 0 Å². The maximum Gasteiger partial charge on any atom is 0.270 e. The molecule has 0 atom stereocenters. The molecule has 5 heteroatoms. The molecule has 0 radical (unpaired) electrons. The molecular weight excluding hydrogens is 258 g/mol. The number of rotatable bonds is 4. The highest BCUT2D eigenvalue weighted by atomic mass is 16.6. The van der Waals surface area contributed by atoms with Crippen molar-refractivity contribution in [3.05, 3.63) is 75.8 Å². The number of phenolic OH excluding ortho intramolecular Hbond substituents is 1. The predicted molar refractivity (Wildman–Crippen MR) is 74.6 cm³/mol. The van der Waals surface area contributed by atoms with E-state index in [9.17, 15) is 20.0 Å². The first-order valence-electron chi connectivity index (χ1n) is 5.82. The quantitative estimate of drug-likeness (QED) is 0.400. The number of phenols is 1. The normalized spacial score (nSPS) is 10.6. The molecule has 2 rings (SSSR count). The summed E-state index contributed by atoms with van der Waals surface area (Å²) in [4.78, 5) is 22.0. The third-order valence-electron chi connectivity index (χ3n) is 2.64. The van der Waals surface area contributed by atoms with E-state index in [1.807, 2.05) is 0 Å². The monoisotopic (exact) mass is 269 g/mol. The Bertz CT molecular complexity index is 692. The first kappa shape index (κ1) is 13.5. The second-order valence-corrected chi connectivity index (χ2v) is 4.10. The summed E-state index contributed by atoms with van der Waals surface area (Å²) >= 11 is 0. The molecule has 0 spiro atoms. The lowest BCUT2D eigenvalue weighted by Gasteiger charge is -1.97. The lowest BCUT2D eigenvalue weighted by Crippen LogP contribution is -1.96. The summed E-state index contributed by atoms with van der Waals surface area (Å²) < 4.78 is 0. The van der Waals surface area contributed by atoms with E-state index in [-0.39, 0.29) is 22.8 Å². The van der Waals surface area contributed by atoms with Gasteiger partial charge >= 0.3 is 0 Å². The second-order valence-electron chi connectivity index (χ2n) is 4.10. The van der Waals surface area contributed by atoms with Gasteiger partial charge in [0, 0.05) is 17.7 Å². The van der Waals surface area contributed by atoms with E-state index >= 15 is 0 Å². The largest absolute Gasteiger partial charge is 0.508 e. The Hall–Kier alpha value is -2.95. The third-order valence-corrected chi connectivity index (χ3v) is 2.64. The van der Waals surface area contributed by atoms with Crippen molar-refractivity contribution in [2.75, 3.05) is 0 Å². The van der Waals surface area contributed by atoms with Crippen molar-refractivity contribution < 1.29 is 14.8 Å². The van der Waals surface area contributed by atoms with Gasteiger partial charge in [-0.25, -0.2) is 0 Å². The number of nitrogens with zero attached hydrogens (tertiary/aromatic N) is 1. The molecule has 0 aliphatic carbocycles. The Morgan fingerprint density at radius 2 is 1.90 bits per heavy atom. The summed E-state index contributed by atoms with van der Waals surface area (Å²) in [5.74, 6) is -0.230. The van der Waals surface area contributed by atoms with Gasteiger partial charge in [0.15, 0.2) is 5.78 Å². The molecule has 0 fully saturated rings. The number of aromatic hydroxyl groups is 1. The smallest absolute Gasteiger partial charge is 0.270 e. The SMILES string of the molecule is O=C(/C=C/c1cccc(O)c1)c1cccc([N+](=O)[O-])c1. The van der Waals surface area contributed by atoms with E-state index in [0.29, 0.717) is 5.56 Å². The van der Waals surface area contributed by atoms with Gasteiger partial charge in [-0.15, -0.1) is 0 Å². The van der Waals surface area contributed by atoms with Gasteiger partial charge in [0.2, 0.25) is 0 Å². The molecule has 0 heterocycles. The standard InChI is InChI=1S/C15H11NO4/c17-14-6-1-3-11(9-14)7-8-15(18)12-4-2-5-13(10-12)16(19)20/h1-10,17H/b8-7+. The average molecular weight is 269 g/mol. The zero-order chi connectivity index (χ0) is 14.5. The van der Waals surface area contributed by atoms with Crippen molar-refractivity contribution in [1.82, 2.24) is 0 Å². The molecule has 2 aromatic rings. The number of non-ortho nitro benzene ring substituents is 1. The number of nitro groups is 1. The minimum Gasteiger partial charge on any atom is -0.508 e. The zero-order valence-corrected chi connectivity index (χ0v) is 10.4. The molecule has 0 aromatic heterocycles. The van der Waals surface area contributed by atoms with Crippen molar-refractivity contribution in [2.24, 2.45) is 0 Å². The van der Waals surface area contributed by atoms with Crippen LogP contribution in [0.5, 0.6) is 5.75 Å². The zero-order valence-electron chi connectivity index (χ0n) is 10.4. The topological polar surface area (TPSA) is 80.4 Å². The minimum atomic E-state index is -0.546. The maximum atomic E-state index is 11.9. The fourth-order valence-electron chi connectivity index (χ4n) is 1.67. The molecule has 0 unspecified atom stereocenters. The Labute approximate surface area is 115 Å². The summed E-state index contributed by atoms with van der Waals surface area (Å²) in [6, 6.07) is 12.0. The van der Waals surface area contributed by atoms with Crippen LogP contribution in [0.2, 0.25) is 0 Å². The number of hydrogen-bond acceptors (Lipinski definition) is 4. The molecule has 2 aromatic carbocycles. The lowest BCUT2D eigenvalue weighted by atomic mass is 10.1. The lowest BCUT2D eigenvalue weighted by molar-refractivity contribution is -0.384. The minimum absolute atomic E-state index is 0.106. The van der Waals surface area contributed by atoms with Crippen LogP contribution in [0, 0.1) is 10.1 Å². The fraction of sp³-hybridized carbons (Fsp3) is 0. The number of ketones is 1. The van der Waals surface area contributed by atoms with Gasteiger partial charge < -0.3 is 5.11 Å². The molecule has 1 N–H and O–H groups in total. The Morgan fingerprint density at radius 1 is 1.15 bits per heavy atom. The van der Waals surface area contributed by atoms with Crippen LogP contribution < -0.4 is 0 Å². The number of hydrogen-bond donors (Lipinski definition) is 1. The van der Waals surface area contributed by atoms with Crippen LogP contribution in [0.1, 0.15) is 15.9 Å². The summed E-state index contributed by atoms with van der Waals surface area (Å²) in [5, 5.41) is 19.9. The molecule has 0 saturated heterocycles. The average Bonchev–Trinajstić information content (AvgIpc) is 2.45. The third kappa shape index (κ3) is 3.29. The maximum absolute atomic E-state index is 11.9. The molecule has 0 amide bonds. The van der Waals surface area contributed by atoms with Gasteiger partial charge in [-0.3, -0.25) is 14.9 Å². The number of nitro benzene ring substituents is 1. The second kappa shape index (κ2) is 5.79. The number of carbonyl (C=O) groups excluding carboxylic acids is 1. The van der Waals surface area contributed by atoms with Crippen LogP contribution in [0.15, 0.2) is 54.6 Å². The highest BCUT2D eigenvalue weighted by Gasteiger charge is 2.09. The Morgan fingerprint density at radius 3 is 2.60 bits per heavy atom. The number of allylic oxidation sites excluding steroid dienone is 1. The molecule has 0 saturated carbocycles.